The number of nitrogens with zero attached hydrogens (tertiary/aromatic N) is 2. The predicted octanol–water partition coefficient (Wildman–Crippen LogP) is 1.83. The molecule has 0 saturated carbocycles. The molecule has 2 heterocycles. The normalized spacial score (nSPS) is 18.5. The number of imidazole rings is 1. The topological polar surface area (TPSA) is 56.5 Å². The molecule has 106 valence electrons. The predicted molar refractivity (Wildman–Crippen MR) is 74.1 cm³/mol. The minimum atomic E-state index is -0.838. The van der Waals surface area contributed by atoms with Crippen LogP contribution in [0.3, 0.4) is 0 Å². The van der Waals surface area contributed by atoms with Crippen molar-refractivity contribution in [1.82, 2.24) is 9.55 Å². The number of hydrogen-bond acceptors (Lipinski definition) is 4. The van der Waals surface area contributed by atoms with Gasteiger partial charge in [0, 0.05) is 37.0 Å². The molecule has 0 fully saturated rings. The van der Waals surface area contributed by atoms with E-state index < -0.39 is 6.10 Å². The highest BCUT2D eigenvalue weighted by atomic mass is 16.5. The molecule has 1 N–H and O–H groups in total. The highest BCUT2D eigenvalue weighted by molar-refractivity contribution is 5.50. The van der Waals surface area contributed by atoms with E-state index in [1.165, 1.54) is 0 Å². The lowest BCUT2D eigenvalue weighted by molar-refractivity contribution is 0.200. The van der Waals surface area contributed by atoms with Gasteiger partial charge in [0.15, 0.2) is 0 Å². The summed E-state index contributed by atoms with van der Waals surface area (Å²) in [5, 5.41) is 10.6. The SMILES string of the molecule is COc1cc2c(cc1C(O)c1nccn1C)OC(C)C2. The van der Waals surface area contributed by atoms with E-state index in [0.717, 1.165) is 17.7 Å². The molecule has 2 atom stereocenters. The van der Waals surface area contributed by atoms with Crippen molar-refractivity contribution in [3.05, 3.63) is 41.5 Å². The number of fused-ring (bicyclic) bond motifs is 1. The van der Waals surface area contributed by atoms with E-state index >= 15 is 0 Å². The van der Waals surface area contributed by atoms with Gasteiger partial charge in [-0.25, -0.2) is 4.98 Å². The maximum Gasteiger partial charge on any atom is 0.142 e. The van der Waals surface area contributed by atoms with E-state index in [9.17, 15) is 5.11 Å². The molecule has 1 aliphatic rings. The number of hydrogen-bond donors (Lipinski definition) is 1. The highest BCUT2D eigenvalue weighted by Gasteiger charge is 2.26. The molecule has 20 heavy (non-hydrogen) atoms. The fourth-order valence-corrected chi connectivity index (χ4v) is 2.63. The highest BCUT2D eigenvalue weighted by Crippen LogP contribution is 2.38. The van der Waals surface area contributed by atoms with Crippen LogP contribution in [0.2, 0.25) is 0 Å². The van der Waals surface area contributed by atoms with Gasteiger partial charge >= 0.3 is 0 Å². The molecule has 2 unspecified atom stereocenters. The summed E-state index contributed by atoms with van der Waals surface area (Å²) in [6.45, 7) is 2.03. The summed E-state index contributed by atoms with van der Waals surface area (Å²) in [5.74, 6) is 2.06. The molecule has 0 bridgehead atoms. The molecule has 0 radical (unpaired) electrons. The molecule has 5 nitrogen and oxygen atoms in total. The van der Waals surface area contributed by atoms with E-state index in [4.69, 9.17) is 9.47 Å². The number of benzene rings is 1. The van der Waals surface area contributed by atoms with Crippen LogP contribution in [0.1, 0.15) is 30.0 Å². The molecule has 3 rings (SSSR count). The molecule has 0 amide bonds. The maximum absolute atomic E-state index is 10.6. The number of aromatic nitrogens is 2. The van der Waals surface area contributed by atoms with Gasteiger partial charge in [-0.3, -0.25) is 0 Å². The third kappa shape index (κ3) is 2.04. The third-order valence-electron chi connectivity index (χ3n) is 3.65. The Balaban J connectivity index is 2.05. The summed E-state index contributed by atoms with van der Waals surface area (Å²) >= 11 is 0. The van der Waals surface area contributed by atoms with Crippen LogP contribution in [0.25, 0.3) is 0 Å². The first-order valence-corrected chi connectivity index (χ1v) is 6.63. The summed E-state index contributed by atoms with van der Waals surface area (Å²) in [4.78, 5) is 4.19. The fourth-order valence-electron chi connectivity index (χ4n) is 2.63. The lowest BCUT2D eigenvalue weighted by atomic mass is 10.0. The molecule has 1 aliphatic heterocycles. The molecule has 0 saturated heterocycles. The van der Waals surface area contributed by atoms with Crippen molar-refractivity contribution in [2.45, 2.75) is 25.6 Å². The van der Waals surface area contributed by atoms with Crippen LogP contribution in [0.4, 0.5) is 0 Å². The van der Waals surface area contributed by atoms with Gasteiger partial charge in [0.2, 0.25) is 0 Å². The quantitative estimate of drug-likeness (QED) is 0.927. The van der Waals surface area contributed by atoms with Crippen LogP contribution in [-0.2, 0) is 13.5 Å². The first-order valence-electron chi connectivity index (χ1n) is 6.63. The van der Waals surface area contributed by atoms with Gasteiger partial charge in [0.25, 0.3) is 0 Å². The molecule has 0 spiro atoms. The number of methoxy groups -OCH3 is 1. The first kappa shape index (κ1) is 13.0. The first-order chi connectivity index (χ1) is 9.60. The van der Waals surface area contributed by atoms with E-state index in [0.29, 0.717) is 17.1 Å². The molecular weight excluding hydrogens is 256 g/mol. The number of aliphatic hydroxyl groups is 1. The third-order valence-corrected chi connectivity index (χ3v) is 3.65. The van der Waals surface area contributed by atoms with Crippen molar-refractivity contribution in [2.75, 3.05) is 7.11 Å². The lowest BCUT2D eigenvalue weighted by Gasteiger charge is -2.16. The zero-order valence-corrected chi connectivity index (χ0v) is 11.8. The van der Waals surface area contributed by atoms with E-state index in [1.54, 1.807) is 24.1 Å². The average molecular weight is 274 g/mol. The Bertz CT molecular complexity index is 636. The van der Waals surface area contributed by atoms with E-state index in [-0.39, 0.29) is 6.10 Å². The largest absolute Gasteiger partial charge is 0.496 e. The number of rotatable bonds is 3. The number of aryl methyl sites for hydroxylation is 1. The van der Waals surface area contributed by atoms with Crippen LogP contribution < -0.4 is 9.47 Å². The monoisotopic (exact) mass is 274 g/mol. The maximum atomic E-state index is 10.6. The van der Waals surface area contributed by atoms with Gasteiger partial charge in [-0.15, -0.1) is 0 Å². The fraction of sp³-hybridized carbons (Fsp3) is 0.400. The van der Waals surface area contributed by atoms with Gasteiger partial charge in [0.05, 0.1) is 7.11 Å². The second-order valence-corrected chi connectivity index (χ2v) is 5.13. The van der Waals surface area contributed by atoms with Gasteiger partial charge in [0.1, 0.15) is 29.5 Å². The van der Waals surface area contributed by atoms with Gasteiger partial charge in [-0.05, 0) is 19.1 Å². The van der Waals surface area contributed by atoms with Crippen molar-refractivity contribution >= 4 is 0 Å². The molecule has 0 aliphatic carbocycles. The Kier molecular flexibility index (Phi) is 3.14. The lowest BCUT2D eigenvalue weighted by Crippen LogP contribution is -2.09. The average Bonchev–Trinajstić information content (AvgIpc) is 3.00. The smallest absolute Gasteiger partial charge is 0.142 e. The van der Waals surface area contributed by atoms with Gasteiger partial charge < -0.3 is 19.1 Å². The van der Waals surface area contributed by atoms with Crippen molar-refractivity contribution in [1.29, 1.82) is 0 Å². The van der Waals surface area contributed by atoms with Crippen LogP contribution in [0.5, 0.6) is 11.5 Å². The number of ether oxygens (including phenoxy) is 2. The van der Waals surface area contributed by atoms with Crippen LogP contribution in [-0.4, -0.2) is 27.9 Å². The zero-order chi connectivity index (χ0) is 14.3. The summed E-state index contributed by atoms with van der Waals surface area (Å²) in [5.41, 5.74) is 1.79. The minimum absolute atomic E-state index is 0.162. The summed E-state index contributed by atoms with van der Waals surface area (Å²) in [7, 11) is 3.46. The van der Waals surface area contributed by atoms with Crippen LogP contribution in [0, 0.1) is 0 Å². The summed E-state index contributed by atoms with van der Waals surface area (Å²) < 4.78 is 13.0. The van der Waals surface area contributed by atoms with E-state index in [2.05, 4.69) is 4.98 Å². The van der Waals surface area contributed by atoms with Crippen molar-refractivity contribution in [3.63, 3.8) is 0 Å². The molecule has 5 heteroatoms. The second-order valence-electron chi connectivity index (χ2n) is 5.13. The zero-order valence-electron chi connectivity index (χ0n) is 11.8. The molecule has 1 aromatic heterocycles. The van der Waals surface area contributed by atoms with Crippen LogP contribution >= 0.6 is 0 Å². The van der Waals surface area contributed by atoms with Gasteiger partial charge in [-0.1, -0.05) is 0 Å². The Labute approximate surface area is 117 Å². The Hall–Kier alpha value is -2.01. The Morgan fingerprint density at radius 3 is 2.95 bits per heavy atom. The summed E-state index contributed by atoms with van der Waals surface area (Å²) in [6, 6.07) is 3.80. The second kappa shape index (κ2) is 4.83. The van der Waals surface area contributed by atoms with Gasteiger partial charge in [-0.2, -0.15) is 0 Å². The van der Waals surface area contributed by atoms with E-state index in [1.807, 2.05) is 26.1 Å². The van der Waals surface area contributed by atoms with Crippen molar-refractivity contribution in [3.8, 4) is 11.5 Å². The molecule has 2 aromatic rings. The van der Waals surface area contributed by atoms with Crippen LogP contribution in [0.15, 0.2) is 24.5 Å². The number of aliphatic hydroxyl groups excluding tert-OH is 1. The minimum Gasteiger partial charge on any atom is -0.496 e. The summed E-state index contributed by atoms with van der Waals surface area (Å²) in [6.07, 6.45) is 3.66. The molecular formula is C15H18N2O3. The standard InChI is InChI=1S/C15H18N2O3/c1-9-6-10-7-13(19-3)11(8-12(10)20-9)14(18)15-16-4-5-17(15)2/h4-5,7-9,14,18H,6H2,1-3H3. The Morgan fingerprint density at radius 1 is 1.50 bits per heavy atom. The van der Waals surface area contributed by atoms with Crippen molar-refractivity contribution in [2.24, 2.45) is 7.05 Å². The Morgan fingerprint density at radius 2 is 2.30 bits per heavy atom. The van der Waals surface area contributed by atoms with Crippen molar-refractivity contribution < 1.29 is 14.6 Å². The molecule has 1 aromatic carbocycles.